The van der Waals surface area contributed by atoms with E-state index in [9.17, 15) is 10.1 Å². The SMILES string of the molecule is Cc1c(Cn2cnc3ccccc32)cccc1OCCCSc1ccc2ncc([N+](=O)[O-])n2n1. The molecule has 0 radical (unpaired) electrons. The Hall–Kier alpha value is -3.92. The van der Waals surface area contributed by atoms with Gasteiger partial charge in [-0.3, -0.25) is 0 Å². The van der Waals surface area contributed by atoms with E-state index >= 15 is 0 Å². The minimum Gasteiger partial charge on any atom is -0.493 e. The summed E-state index contributed by atoms with van der Waals surface area (Å²) >= 11 is 1.53. The molecule has 0 fully saturated rings. The maximum absolute atomic E-state index is 11.1. The summed E-state index contributed by atoms with van der Waals surface area (Å²) < 4.78 is 9.47. The molecule has 9 nitrogen and oxygen atoms in total. The summed E-state index contributed by atoms with van der Waals surface area (Å²) in [7, 11) is 0. The smallest absolute Gasteiger partial charge is 0.368 e. The molecule has 3 heterocycles. The normalized spacial score (nSPS) is 11.3. The lowest BCUT2D eigenvalue weighted by molar-refractivity contribution is -0.391. The molecule has 34 heavy (non-hydrogen) atoms. The Morgan fingerprint density at radius 3 is 2.85 bits per heavy atom. The van der Waals surface area contributed by atoms with Gasteiger partial charge in [-0.2, -0.15) is 0 Å². The Bertz CT molecular complexity index is 1480. The van der Waals surface area contributed by atoms with Crippen LogP contribution in [0.1, 0.15) is 17.5 Å². The molecule has 0 amide bonds. The van der Waals surface area contributed by atoms with Crippen molar-refractivity contribution >= 4 is 34.3 Å². The van der Waals surface area contributed by atoms with Crippen molar-refractivity contribution in [2.75, 3.05) is 12.4 Å². The molecule has 0 N–H and O–H groups in total. The van der Waals surface area contributed by atoms with Crippen molar-refractivity contribution in [3.05, 3.63) is 88.4 Å². The molecule has 5 aromatic rings. The lowest BCUT2D eigenvalue weighted by Crippen LogP contribution is -2.04. The summed E-state index contributed by atoms with van der Waals surface area (Å²) in [5.74, 6) is 1.51. The van der Waals surface area contributed by atoms with Crippen LogP contribution < -0.4 is 4.74 Å². The summed E-state index contributed by atoms with van der Waals surface area (Å²) in [5, 5.41) is 16.1. The average Bonchev–Trinajstić information content (AvgIpc) is 3.45. The highest BCUT2D eigenvalue weighted by Crippen LogP contribution is 2.25. The van der Waals surface area contributed by atoms with E-state index in [1.807, 2.05) is 42.7 Å². The van der Waals surface area contributed by atoms with E-state index in [1.165, 1.54) is 28.0 Å². The van der Waals surface area contributed by atoms with Gasteiger partial charge in [-0.25, -0.2) is 9.97 Å². The Morgan fingerprint density at radius 1 is 1.09 bits per heavy atom. The predicted octanol–water partition coefficient (Wildman–Crippen LogP) is 4.91. The van der Waals surface area contributed by atoms with Gasteiger partial charge in [0.1, 0.15) is 17.0 Å². The highest BCUT2D eigenvalue weighted by molar-refractivity contribution is 7.99. The summed E-state index contributed by atoms with van der Waals surface area (Å²) in [5.41, 5.74) is 4.86. The third kappa shape index (κ3) is 4.44. The number of thioether (sulfide) groups is 1. The third-order valence-corrected chi connectivity index (χ3v) is 6.57. The van der Waals surface area contributed by atoms with Crippen LogP contribution in [-0.2, 0) is 6.54 Å². The van der Waals surface area contributed by atoms with Crippen LogP contribution >= 0.6 is 11.8 Å². The van der Waals surface area contributed by atoms with Crippen LogP contribution in [0.5, 0.6) is 5.75 Å². The summed E-state index contributed by atoms with van der Waals surface area (Å²) in [4.78, 5) is 19.1. The second kappa shape index (κ2) is 9.52. The van der Waals surface area contributed by atoms with E-state index < -0.39 is 4.92 Å². The highest BCUT2D eigenvalue weighted by Gasteiger charge is 2.16. The molecule has 0 atom stereocenters. The van der Waals surface area contributed by atoms with Crippen LogP contribution in [0.4, 0.5) is 5.82 Å². The molecule has 5 rings (SSSR count). The molecule has 0 aliphatic heterocycles. The van der Waals surface area contributed by atoms with Gasteiger partial charge in [0.15, 0.2) is 0 Å². The first-order valence-electron chi connectivity index (χ1n) is 10.8. The minimum atomic E-state index is -0.485. The zero-order valence-electron chi connectivity index (χ0n) is 18.5. The number of nitrogens with zero attached hydrogens (tertiary/aromatic N) is 6. The summed E-state index contributed by atoms with van der Waals surface area (Å²) in [6, 6.07) is 17.8. The van der Waals surface area contributed by atoms with Crippen LogP contribution in [0.2, 0.25) is 0 Å². The topological polar surface area (TPSA) is 100 Å². The second-order valence-electron chi connectivity index (χ2n) is 7.77. The summed E-state index contributed by atoms with van der Waals surface area (Å²) in [6.45, 7) is 3.38. The van der Waals surface area contributed by atoms with Gasteiger partial charge < -0.3 is 19.4 Å². The van der Waals surface area contributed by atoms with E-state index in [1.54, 1.807) is 6.07 Å². The highest BCUT2D eigenvalue weighted by atomic mass is 32.2. The largest absolute Gasteiger partial charge is 0.493 e. The lowest BCUT2D eigenvalue weighted by Gasteiger charge is -2.13. The van der Waals surface area contributed by atoms with E-state index in [-0.39, 0.29) is 5.82 Å². The first kappa shape index (κ1) is 21.9. The van der Waals surface area contributed by atoms with Gasteiger partial charge >= 0.3 is 5.82 Å². The zero-order valence-corrected chi connectivity index (χ0v) is 19.3. The Kier molecular flexibility index (Phi) is 6.13. The van der Waals surface area contributed by atoms with Crippen molar-refractivity contribution in [1.82, 2.24) is 24.1 Å². The first-order chi connectivity index (χ1) is 16.6. The third-order valence-electron chi connectivity index (χ3n) is 5.57. The summed E-state index contributed by atoms with van der Waals surface area (Å²) in [6.07, 6.45) is 3.90. The maximum atomic E-state index is 11.1. The van der Waals surface area contributed by atoms with Gasteiger partial charge in [0.05, 0.1) is 24.0 Å². The number of rotatable bonds is 9. The zero-order chi connectivity index (χ0) is 23.5. The Labute approximate surface area is 199 Å². The predicted molar refractivity (Wildman–Crippen MR) is 130 cm³/mol. The monoisotopic (exact) mass is 474 g/mol. The fourth-order valence-corrected chi connectivity index (χ4v) is 4.55. The number of benzene rings is 2. The molecule has 172 valence electrons. The van der Waals surface area contributed by atoms with Gasteiger partial charge in [-0.05, 0) is 53.7 Å². The molecule has 0 aliphatic carbocycles. The first-order valence-corrected chi connectivity index (χ1v) is 11.8. The number of para-hydroxylation sites is 2. The Balaban J connectivity index is 1.17. The molecular formula is C24H22N6O3S. The quantitative estimate of drug-likeness (QED) is 0.130. The van der Waals surface area contributed by atoms with E-state index in [0.29, 0.717) is 17.3 Å². The van der Waals surface area contributed by atoms with Crippen LogP contribution in [0.15, 0.2) is 72.1 Å². The van der Waals surface area contributed by atoms with E-state index in [2.05, 4.69) is 38.7 Å². The molecular weight excluding hydrogens is 452 g/mol. The van der Waals surface area contributed by atoms with Crippen molar-refractivity contribution in [1.29, 1.82) is 0 Å². The maximum Gasteiger partial charge on any atom is 0.368 e. The molecule has 0 unspecified atom stereocenters. The van der Waals surface area contributed by atoms with Crippen LogP contribution in [0, 0.1) is 17.0 Å². The van der Waals surface area contributed by atoms with Gasteiger partial charge in [-0.1, -0.05) is 33.9 Å². The number of hydrogen-bond acceptors (Lipinski definition) is 7. The van der Waals surface area contributed by atoms with Crippen molar-refractivity contribution in [3.8, 4) is 5.75 Å². The van der Waals surface area contributed by atoms with Crippen molar-refractivity contribution in [2.45, 2.75) is 24.9 Å². The lowest BCUT2D eigenvalue weighted by atomic mass is 10.1. The van der Waals surface area contributed by atoms with Gasteiger partial charge in [0, 0.05) is 18.4 Å². The molecule has 0 saturated carbocycles. The van der Waals surface area contributed by atoms with Gasteiger partial charge in [0.2, 0.25) is 5.65 Å². The fraction of sp³-hybridized carbons (Fsp3) is 0.208. The second-order valence-corrected chi connectivity index (χ2v) is 8.88. The number of imidazole rings is 2. The molecule has 10 heteroatoms. The number of nitro groups is 1. The number of ether oxygens (including phenoxy) is 1. The molecule has 0 bridgehead atoms. The van der Waals surface area contributed by atoms with Crippen molar-refractivity contribution < 1.29 is 9.66 Å². The van der Waals surface area contributed by atoms with E-state index in [0.717, 1.165) is 41.1 Å². The molecule has 3 aromatic heterocycles. The molecule has 0 spiro atoms. The van der Waals surface area contributed by atoms with Crippen LogP contribution in [0.25, 0.3) is 16.7 Å². The van der Waals surface area contributed by atoms with Crippen LogP contribution in [0.3, 0.4) is 0 Å². The average molecular weight is 475 g/mol. The minimum absolute atomic E-state index is 0.139. The molecule has 0 aliphatic rings. The van der Waals surface area contributed by atoms with E-state index in [4.69, 9.17) is 4.74 Å². The molecule has 2 aromatic carbocycles. The van der Waals surface area contributed by atoms with Crippen molar-refractivity contribution in [2.24, 2.45) is 0 Å². The standard InChI is InChI=1S/C24H22N6O3S/c1-17-18(15-28-16-26-19-7-2-3-8-20(19)28)6-4-9-21(17)33-12-5-13-34-23-11-10-22-25-14-24(30(31)32)29(22)27-23/h2-4,6-11,14,16H,5,12-13,15H2,1H3. The number of aromatic nitrogens is 5. The van der Waals surface area contributed by atoms with Gasteiger partial charge in [0.25, 0.3) is 0 Å². The van der Waals surface area contributed by atoms with Crippen LogP contribution in [-0.4, -0.2) is 41.4 Å². The number of fused-ring (bicyclic) bond motifs is 2. The van der Waals surface area contributed by atoms with Crippen molar-refractivity contribution in [3.63, 3.8) is 0 Å². The fourth-order valence-electron chi connectivity index (χ4n) is 3.77. The van der Waals surface area contributed by atoms with Gasteiger partial charge in [-0.15, -0.1) is 11.8 Å². The number of hydrogen-bond donors (Lipinski definition) is 0. The Morgan fingerprint density at radius 2 is 1.97 bits per heavy atom. The molecule has 0 saturated heterocycles.